The summed E-state index contributed by atoms with van der Waals surface area (Å²) in [4.78, 5) is 0. The summed E-state index contributed by atoms with van der Waals surface area (Å²) in [7, 11) is 0. The van der Waals surface area contributed by atoms with E-state index in [1.807, 2.05) is 6.92 Å². The van der Waals surface area contributed by atoms with E-state index < -0.39 is 0 Å². The first kappa shape index (κ1) is 12.2. The van der Waals surface area contributed by atoms with E-state index in [1.165, 1.54) is 36.5 Å². The van der Waals surface area contributed by atoms with Crippen molar-refractivity contribution < 1.29 is 0 Å². The summed E-state index contributed by atoms with van der Waals surface area (Å²) >= 11 is 2.44. The Kier molecular flexibility index (Phi) is 11.4. The third kappa shape index (κ3) is 10.2. The predicted octanol–water partition coefficient (Wildman–Crippen LogP) is 4.50. The van der Waals surface area contributed by atoms with Crippen LogP contribution in [0, 0.1) is 0 Å². The molecule has 0 rings (SSSR count). The fourth-order valence-electron chi connectivity index (χ4n) is 0.996. The maximum Gasteiger partial charge on any atom is -0.000473 e. The van der Waals surface area contributed by atoms with Crippen molar-refractivity contribution in [3.63, 3.8) is 0 Å². The lowest BCUT2D eigenvalue weighted by molar-refractivity contribution is 0.681. The van der Waals surface area contributed by atoms with Gasteiger partial charge in [-0.1, -0.05) is 59.7 Å². The largest absolute Gasteiger partial charge is 0.0877 e. The maximum atomic E-state index is 2.44. The lowest BCUT2D eigenvalue weighted by Gasteiger charge is -1.94. The Labute approximate surface area is 90.3 Å². The number of allylic oxidation sites excluding steroid dienone is 4. The maximum absolute atomic E-state index is 2.44. The van der Waals surface area contributed by atoms with Crippen molar-refractivity contribution in [1.29, 1.82) is 0 Å². The molecule has 0 aromatic carbocycles. The van der Waals surface area contributed by atoms with Crippen LogP contribution in [0.15, 0.2) is 24.3 Å². The van der Waals surface area contributed by atoms with Gasteiger partial charge in [-0.2, -0.15) is 0 Å². The van der Waals surface area contributed by atoms with Crippen molar-refractivity contribution in [1.82, 2.24) is 0 Å². The fraction of sp³-hybridized carbons (Fsp3) is 0.636. The molecule has 0 aliphatic carbocycles. The van der Waals surface area contributed by atoms with Crippen LogP contribution in [0.5, 0.6) is 0 Å². The van der Waals surface area contributed by atoms with Gasteiger partial charge in [0.05, 0.1) is 0 Å². The second kappa shape index (κ2) is 11.2. The first-order valence-electron chi connectivity index (χ1n) is 4.75. The van der Waals surface area contributed by atoms with Gasteiger partial charge in [-0.15, -0.1) is 0 Å². The summed E-state index contributed by atoms with van der Waals surface area (Å²) in [6.45, 7) is 2.05. The SMILES string of the molecule is CC=CC=CCCCCCCI. The van der Waals surface area contributed by atoms with E-state index in [0.29, 0.717) is 0 Å². The quantitative estimate of drug-likeness (QED) is 0.278. The Bertz CT molecular complexity index is 125. The monoisotopic (exact) mass is 278 g/mol. The van der Waals surface area contributed by atoms with E-state index in [9.17, 15) is 0 Å². The highest BCUT2D eigenvalue weighted by Gasteiger charge is 1.85. The van der Waals surface area contributed by atoms with E-state index in [-0.39, 0.29) is 0 Å². The Morgan fingerprint density at radius 2 is 1.75 bits per heavy atom. The molecule has 0 radical (unpaired) electrons. The standard InChI is InChI=1S/C11H19I/c1-2-3-4-5-6-7-8-9-10-11-12/h2-5H,6-11H2,1H3. The van der Waals surface area contributed by atoms with Crippen LogP contribution < -0.4 is 0 Å². The summed E-state index contributed by atoms with van der Waals surface area (Å²) in [5.41, 5.74) is 0. The second-order valence-corrected chi connectivity index (χ2v) is 3.92. The number of hydrogen-bond donors (Lipinski definition) is 0. The Morgan fingerprint density at radius 3 is 2.42 bits per heavy atom. The average Bonchev–Trinajstić information content (AvgIpc) is 2.10. The van der Waals surface area contributed by atoms with Crippen LogP contribution >= 0.6 is 22.6 Å². The van der Waals surface area contributed by atoms with Crippen molar-refractivity contribution in [2.24, 2.45) is 0 Å². The molecule has 0 nitrogen and oxygen atoms in total. The van der Waals surface area contributed by atoms with Gasteiger partial charge in [0.1, 0.15) is 0 Å². The second-order valence-electron chi connectivity index (χ2n) is 2.85. The molecule has 0 aromatic heterocycles. The first-order chi connectivity index (χ1) is 5.91. The molecule has 0 atom stereocenters. The summed E-state index contributed by atoms with van der Waals surface area (Å²) < 4.78 is 1.31. The number of rotatable bonds is 7. The van der Waals surface area contributed by atoms with Gasteiger partial charge in [-0.25, -0.2) is 0 Å². The summed E-state index contributed by atoms with van der Waals surface area (Å²) in [6, 6.07) is 0. The summed E-state index contributed by atoms with van der Waals surface area (Å²) in [5.74, 6) is 0. The van der Waals surface area contributed by atoms with E-state index in [2.05, 4.69) is 46.9 Å². The lowest BCUT2D eigenvalue weighted by Crippen LogP contribution is -1.77. The van der Waals surface area contributed by atoms with Crippen molar-refractivity contribution in [3.8, 4) is 0 Å². The Hall–Kier alpha value is 0.210. The van der Waals surface area contributed by atoms with E-state index in [0.717, 1.165) is 0 Å². The minimum absolute atomic E-state index is 1.24. The smallest absolute Gasteiger partial charge is 0.000473 e. The summed E-state index contributed by atoms with van der Waals surface area (Å²) in [5, 5.41) is 0. The van der Waals surface area contributed by atoms with Crippen LogP contribution in [0.1, 0.15) is 39.0 Å². The minimum Gasteiger partial charge on any atom is -0.0877 e. The number of halogens is 1. The van der Waals surface area contributed by atoms with E-state index >= 15 is 0 Å². The van der Waals surface area contributed by atoms with E-state index in [4.69, 9.17) is 0 Å². The highest BCUT2D eigenvalue weighted by molar-refractivity contribution is 14.1. The molecule has 1 heteroatoms. The number of unbranched alkanes of at least 4 members (excludes halogenated alkanes) is 4. The lowest BCUT2D eigenvalue weighted by atomic mass is 10.1. The molecule has 0 aliphatic heterocycles. The van der Waals surface area contributed by atoms with Crippen LogP contribution in [0.2, 0.25) is 0 Å². The van der Waals surface area contributed by atoms with Gasteiger partial charge in [-0.3, -0.25) is 0 Å². The normalized spacial score (nSPS) is 11.8. The number of hydrogen-bond acceptors (Lipinski definition) is 0. The molecule has 0 heterocycles. The Balaban J connectivity index is 3.00. The molecular formula is C11H19I. The van der Waals surface area contributed by atoms with Gasteiger partial charge in [0.15, 0.2) is 0 Å². The van der Waals surface area contributed by atoms with Crippen molar-refractivity contribution in [2.75, 3.05) is 4.43 Å². The molecule has 0 bridgehead atoms. The van der Waals surface area contributed by atoms with Crippen LogP contribution in [-0.2, 0) is 0 Å². The van der Waals surface area contributed by atoms with Crippen LogP contribution in [0.25, 0.3) is 0 Å². The molecule has 12 heavy (non-hydrogen) atoms. The van der Waals surface area contributed by atoms with Gasteiger partial charge in [0.25, 0.3) is 0 Å². The van der Waals surface area contributed by atoms with Gasteiger partial charge in [-0.05, 0) is 30.6 Å². The predicted molar refractivity (Wildman–Crippen MR) is 65.9 cm³/mol. The van der Waals surface area contributed by atoms with Gasteiger partial charge in [0, 0.05) is 0 Å². The van der Waals surface area contributed by atoms with Crippen molar-refractivity contribution in [3.05, 3.63) is 24.3 Å². The average molecular weight is 278 g/mol. The zero-order valence-electron chi connectivity index (χ0n) is 7.93. The number of alkyl halides is 1. The molecule has 0 N–H and O–H groups in total. The molecular weight excluding hydrogens is 259 g/mol. The fourth-order valence-corrected chi connectivity index (χ4v) is 1.54. The van der Waals surface area contributed by atoms with E-state index in [1.54, 1.807) is 0 Å². The van der Waals surface area contributed by atoms with Gasteiger partial charge in [0.2, 0.25) is 0 Å². The first-order valence-corrected chi connectivity index (χ1v) is 6.28. The van der Waals surface area contributed by atoms with Crippen LogP contribution in [-0.4, -0.2) is 4.43 Å². The topological polar surface area (TPSA) is 0 Å². The molecule has 0 spiro atoms. The molecule has 0 unspecified atom stereocenters. The molecule has 0 saturated carbocycles. The highest BCUT2D eigenvalue weighted by Crippen LogP contribution is 2.05. The highest BCUT2D eigenvalue weighted by atomic mass is 127. The zero-order valence-corrected chi connectivity index (χ0v) is 10.1. The minimum atomic E-state index is 1.24. The molecule has 70 valence electrons. The van der Waals surface area contributed by atoms with Gasteiger partial charge >= 0.3 is 0 Å². The van der Waals surface area contributed by atoms with Crippen molar-refractivity contribution in [2.45, 2.75) is 39.0 Å². The van der Waals surface area contributed by atoms with Crippen LogP contribution in [0.3, 0.4) is 0 Å². The Morgan fingerprint density at radius 1 is 1.00 bits per heavy atom. The molecule has 0 aliphatic rings. The van der Waals surface area contributed by atoms with Crippen molar-refractivity contribution >= 4 is 22.6 Å². The third-order valence-electron chi connectivity index (χ3n) is 1.69. The third-order valence-corrected chi connectivity index (χ3v) is 2.46. The summed E-state index contributed by atoms with van der Waals surface area (Å²) in [6.07, 6.45) is 15.3. The molecule has 0 saturated heterocycles. The van der Waals surface area contributed by atoms with Crippen LogP contribution in [0.4, 0.5) is 0 Å². The molecule has 0 aromatic rings. The molecule has 0 fully saturated rings. The zero-order chi connectivity index (χ0) is 9.07. The molecule has 0 amide bonds. The van der Waals surface area contributed by atoms with Gasteiger partial charge < -0.3 is 0 Å².